The molecule has 0 radical (unpaired) electrons. The van der Waals surface area contributed by atoms with Crippen molar-refractivity contribution in [1.82, 2.24) is 0 Å². The molecule has 8 nitrogen and oxygen atoms in total. The van der Waals surface area contributed by atoms with Crippen LogP contribution in [0.1, 0.15) is 37.6 Å². The molecule has 0 bridgehead atoms. The van der Waals surface area contributed by atoms with Gasteiger partial charge in [-0.05, 0) is 108 Å². The Labute approximate surface area is 261 Å². The number of hydrogen-bond acceptors (Lipinski definition) is 7. The van der Waals surface area contributed by atoms with Crippen molar-refractivity contribution in [2.24, 2.45) is 0 Å². The number of carbonyl (C=O) groups is 1. The van der Waals surface area contributed by atoms with Crippen LogP contribution in [0.25, 0.3) is 33.4 Å². The quantitative estimate of drug-likeness (QED) is 0.0653. The molecule has 0 spiro atoms. The molecule has 0 amide bonds. The molecule has 0 atom stereocenters. The van der Waals surface area contributed by atoms with Crippen LogP contribution in [0.3, 0.4) is 0 Å². The second kappa shape index (κ2) is 13.7. The Morgan fingerprint density at radius 3 is 2.23 bits per heavy atom. The minimum absolute atomic E-state index is 0.165. The average Bonchev–Trinajstić information content (AvgIpc) is 2.94. The summed E-state index contributed by atoms with van der Waals surface area (Å²) in [5.41, 5.74) is 2.42. The average molecular weight is 788 g/mol. The molecule has 11 heteroatoms. The van der Waals surface area contributed by atoms with Gasteiger partial charge in [0.2, 0.25) is 0 Å². The normalized spacial score (nSPS) is 11.8. The summed E-state index contributed by atoms with van der Waals surface area (Å²) in [5.74, 6) is -0.00138. The van der Waals surface area contributed by atoms with Crippen molar-refractivity contribution < 1.29 is 32.3 Å². The van der Waals surface area contributed by atoms with Crippen LogP contribution in [0, 0.1) is 7.14 Å². The van der Waals surface area contributed by atoms with Crippen molar-refractivity contribution in [2.75, 3.05) is 26.4 Å². The fraction of sp³-hybridized carbons (Fsp3) is 0.310. The van der Waals surface area contributed by atoms with Crippen LogP contribution in [0.4, 0.5) is 0 Å². The molecule has 1 aliphatic heterocycles. The smallest absolute Gasteiger partial charge is 0.492 e. The predicted octanol–water partition coefficient (Wildman–Crippen LogP) is 7.29. The van der Waals surface area contributed by atoms with E-state index in [0.29, 0.717) is 76.2 Å². The summed E-state index contributed by atoms with van der Waals surface area (Å²) in [5, 5.41) is 10.7. The minimum atomic E-state index is -2.77. The second-order valence-corrected chi connectivity index (χ2v) is 13.7. The van der Waals surface area contributed by atoms with Crippen LogP contribution in [0.15, 0.2) is 57.7 Å². The van der Waals surface area contributed by atoms with Gasteiger partial charge < -0.3 is 27.5 Å². The first-order chi connectivity index (χ1) is 19.3. The number of halogens is 2. The highest BCUT2D eigenvalue weighted by Crippen LogP contribution is 2.45. The van der Waals surface area contributed by atoms with Crippen LogP contribution in [-0.4, -0.2) is 46.3 Å². The molecule has 212 valence electrons. The minimum Gasteiger partial charge on any atom is -0.492 e. The van der Waals surface area contributed by atoms with Gasteiger partial charge in [-0.25, -0.2) is 4.79 Å². The lowest BCUT2D eigenvalue weighted by atomic mass is 9.91. The molecule has 1 N–H and O–H groups in total. The summed E-state index contributed by atoms with van der Waals surface area (Å²) >= 11 is 4.16. The number of aromatic carboxylic acids is 1. The molecule has 40 heavy (non-hydrogen) atoms. The van der Waals surface area contributed by atoms with Crippen LogP contribution in [0.5, 0.6) is 5.75 Å². The highest BCUT2D eigenvalue weighted by Gasteiger charge is 2.39. The van der Waals surface area contributed by atoms with Gasteiger partial charge in [0.25, 0.3) is 0 Å². The standard InChI is InChI=1S/C29H30I2O8Si/c1-4-36-40(37-5-2,38-6-3)17-9-16-35-23-15-13-21-24(18-10-7-8-11-19(18)29(33)34)20-12-14-22(32)25(30)27(20)39-28(21)26(23)31/h7-8,10-15H,4-6,9,16-17H2,1-3H3,(H,33,34). The third-order valence-electron chi connectivity index (χ3n) is 6.27. The van der Waals surface area contributed by atoms with E-state index >= 15 is 0 Å². The maximum Gasteiger partial charge on any atom is 0.501 e. The number of carboxylic acid groups (broad SMARTS) is 1. The number of benzene rings is 3. The first-order valence-corrected chi connectivity index (χ1v) is 17.1. The molecule has 0 unspecified atom stereocenters. The van der Waals surface area contributed by atoms with Gasteiger partial charge in [-0.1, -0.05) is 18.2 Å². The van der Waals surface area contributed by atoms with E-state index < -0.39 is 14.8 Å². The second-order valence-electron chi connectivity index (χ2n) is 8.77. The Balaban J connectivity index is 1.75. The highest BCUT2D eigenvalue weighted by molar-refractivity contribution is 14.1. The van der Waals surface area contributed by atoms with Gasteiger partial charge in [0.05, 0.1) is 15.7 Å². The van der Waals surface area contributed by atoms with Gasteiger partial charge >= 0.3 is 14.8 Å². The van der Waals surface area contributed by atoms with Crippen molar-refractivity contribution in [1.29, 1.82) is 0 Å². The molecule has 0 fully saturated rings. The van der Waals surface area contributed by atoms with Crippen LogP contribution in [0.2, 0.25) is 6.04 Å². The van der Waals surface area contributed by atoms with E-state index in [1.54, 1.807) is 30.3 Å². The van der Waals surface area contributed by atoms with E-state index in [0.717, 1.165) is 8.96 Å². The summed E-state index contributed by atoms with van der Waals surface area (Å²) in [6.07, 6.45) is 0.671. The summed E-state index contributed by atoms with van der Waals surface area (Å²) in [6, 6.07) is 14.4. The van der Waals surface area contributed by atoms with Crippen molar-refractivity contribution in [3.8, 4) is 28.2 Å². The highest BCUT2D eigenvalue weighted by atomic mass is 127. The molecule has 2 aromatic carbocycles. The fourth-order valence-corrected chi connectivity index (χ4v) is 8.57. The number of carboxylic acids is 1. The molecule has 1 aliphatic carbocycles. The lowest BCUT2D eigenvalue weighted by molar-refractivity contribution is 0.0688. The Morgan fingerprint density at radius 1 is 0.900 bits per heavy atom. The van der Waals surface area contributed by atoms with Crippen molar-refractivity contribution in [2.45, 2.75) is 33.2 Å². The zero-order valence-corrected chi connectivity index (χ0v) is 27.7. The molecule has 0 saturated heterocycles. The Bertz CT molecular complexity index is 1520. The molecule has 4 rings (SSSR count). The topological polar surface area (TPSA) is 104 Å². The lowest BCUT2D eigenvalue weighted by Crippen LogP contribution is -2.46. The maximum atomic E-state index is 12.5. The van der Waals surface area contributed by atoms with Crippen LogP contribution >= 0.6 is 45.2 Å². The summed E-state index contributed by atoms with van der Waals surface area (Å²) < 4.78 is 31.5. The first-order valence-electron chi connectivity index (χ1n) is 13.0. The third-order valence-corrected chi connectivity index (χ3v) is 11.5. The molecule has 0 aromatic heterocycles. The van der Waals surface area contributed by atoms with Gasteiger partial charge in [0.1, 0.15) is 9.32 Å². The first kappa shape index (κ1) is 30.9. The molecule has 0 saturated carbocycles. The van der Waals surface area contributed by atoms with Crippen molar-refractivity contribution in [3.05, 3.63) is 71.5 Å². The number of fused-ring (bicyclic) bond motifs is 2. The van der Waals surface area contributed by atoms with E-state index in [-0.39, 0.29) is 11.0 Å². The Morgan fingerprint density at radius 2 is 1.57 bits per heavy atom. The summed E-state index contributed by atoms with van der Waals surface area (Å²) in [6.45, 7) is 7.75. The van der Waals surface area contributed by atoms with E-state index in [9.17, 15) is 14.7 Å². The molecule has 1 heterocycles. The van der Waals surface area contributed by atoms with Crippen LogP contribution < -0.4 is 10.2 Å². The van der Waals surface area contributed by atoms with Gasteiger partial charge in [-0.2, -0.15) is 0 Å². The van der Waals surface area contributed by atoms with Crippen molar-refractivity contribution in [3.63, 3.8) is 0 Å². The predicted molar refractivity (Wildman–Crippen MR) is 172 cm³/mol. The Hall–Kier alpha value is -2.04. The maximum absolute atomic E-state index is 12.5. The van der Waals surface area contributed by atoms with Crippen LogP contribution in [-0.2, 0) is 13.3 Å². The third kappa shape index (κ3) is 6.38. The number of ether oxygens (including phenoxy) is 1. The van der Waals surface area contributed by atoms with Crippen molar-refractivity contribution >= 4 is 70.9 Å². The van der Waals surface area contributed by atoms with Gasteiger partial charge in [0.15, 0.2) is 16.8 Å². The molecule has 2 aliphatic rings. The van der Waals surface area contributed by atoms with E-state index in [1.807, 2.05) is 55.5 Å². The van der Waals surface area contributed by atoms with Gasteiger partial charge in [0, 0.05) is 42.4 Å². The number of rotatable bonds is 13. The summed E-state index contributed by atoms with van der Waals surface area (Å²) in [4.78, 5) is 24.7. The zero-order chi connectivity index (χ0) is 28.9. The Kier molecular flexibility index (Phi) is 10.6. The molecule has 2 aromatic rings. The summed E-state index contributed by atoms with van der Waals surface area (Å²) in [7, 11) is -2.77. The molecular formula is C29H30I2O8Si. The van der Waals surface area contributed by atoms with E-state index in [1.165, 1.54) is 6.07 Å². The zero-order valence-electron chi connectivity index (χ0n) is 22.4. The lowest BCUT2D eigenvalue weighted by Gasteiger charge is -2.28. The van der Waals surface area contributed by atoms with Gasteiger partial charge in [-0.15, -0.1) is 0 Å². The van der Waals surface area contributed by atoms with Gasteiger partial charge in [-0.3, -0.25) is 4.79 Å². The SMILES string of the molecule is CCO[Si](CCCOc1ccc2c(-c3ccccc3C(=O)O)c3ccc(=O)c(I)c-3oc2c1I)(OCC)OCC. The van der Waals surface area contributed by atoms with E-state index in [2.05, 4.69) is 22.6 Å². The fourth-order valence-electron chi connectivity index (χ4n) is 4.68. The number of hydrogen-bond donors (Lipinski definition) is 1. The molecular weight excluding hydrogens is 758 g/mol. The monoisotopic (exact) mass is 788 g/mol. The largest absolute Gasteiger partial charge is 0.501 e. The van der Waals surface area contributed by atoms with E-state index in [4.69, 9.17) is 22.4 Å².